The van der Waals surface area contributed by atoms with E-state index in [4.69, 9.17) is 11.6 Å². The molecule has 1 aliphatic rings. The molecule has 1 aromatic rings. The molecule has 0 atom stereocenters. The van der Waals surface area contributed by atoms with Crippen LogP contribution in [-0.4, -0.2) is 16.0 Å². The van der Waals surface area contributed by atoms with E-state index in [2.05, 4.69) is 22.2 Å². The van der Waals surface area contributed by atoms with Crippen LogP contribution in [0.25, 0.3) is 0 Å². The maximum atomic E-state index is 5.83. The molecule has 0 bridgehead atoms. The first-order valence-electron chi connectivity index (χ1n) is 5.08. The maximum absolute atomic E-state index is 5.83. The zero-order chi connectivity index (χ0) is 9.97. The van der Waals surface area contributed by atoms with Crippen molar-refractivity contribution in [1.29, 1.82) is 0 Å². The number of hydrogen-bond acceptors (Lipinski definition) is 3. The Morgan fingerprint density at radius 2 is 2.29 bits per heavy atom. The average molecular weight is 212 g/mol. The number of nitrogens with zero attached hydrogens (tertiary/aromatic N) is 2. The minimum Gasteiger partial charge on any atom is -0.367 e. The van der Waals surface area contributed by atoms with Crippen molar-refractivity contribution in [1.82, 2.24) is 9.97 Å². The van der Waals surface area contributed by atoms with Gasteiger partial charge < -0.3 is 5.32 Å². The highest BCUT2D eigenvalue weighted by atomic mass is 35.5. The van der Waals surface area contributed by atoms with Crippen molar-refractivity contribution >= 4 is 17.4 Å². The number of halogens is 1. The standard InChI is InChI=1S/C10H14ClN3/c1-2-3-8-6-9(12-7-4-5-7)14-10(11)13-8/h6-7H,2-5H2,1H3,(H,12,13,14). The zero-order valence-corrected chi connectivity index (χ0v) is 9.01. The minimum atomic E-state index is 0.346. The zero-order valence-electron chi connectivity index (χ0n) is 8.26. The molecule has 0 aliphatic heterocycles. The van der Waals surface area contributed by atoms with E-state index in [1.165, 1.54) is 12.8 Å². The Labute approximate surface area is 88.9 Å². The third-order valence-corrected chi connectivity index (χ3v) is 2.36. The van der Waals surface area contributed by atoms with Gasteiger partial charge in [-0.25, -0.2) is 9.97 Å². The topological polar surface area (TPSA) is 37.8 Å². The molecular weight excluding hydrogens is 198 g/mol. The fourth-order valence-corrected chi connectivity index (χ4v) is 1.56. The summed E-state index contributed by atoms with van der Waals surface area (Å²) in [6.45, 7) is 2.13. The fourth-order valence-electron chi connectivity index (χ4n) is 1.36. The summed E-state index contributed by atoms with van der Waals surface area (Å²) in [4.78, 5) is 8.31. The van der Waals surface area contributed by atoms with E-state index in [1.54, 1.807) is 0 Å². The summed E-state index contributed by atoms with van der Waals surface area (Å²) in [5.41, 5.74) is 1.02. The van der Waals surface area contributed by atoms with Crippen molar-refractivity contribution in [3.8, 4) is 0 Å². The van der Waals surface area contributed by atoms with E-state index in [1.807, 2.05) is 6.07 Å². The SMILES string of the molecule is CCCc1cc(NC2CC2)nc(Cl)n1. The normalized spacial score (nSPS) is 15.6. The monoisotopic (exact) mass is 211 g/mol. The Balaban J connectivity index is 2.12. The van der Waals surface area contributed by atoms with Gasteiger partial charge in [0.05, 0.1) is 0 Å². The number of hydrogen-bond donors (Lipinski definition) is 1. The maximum Gasteiger partial charge on any atom is 0.224 e. The van der Waals surface area contributed by atoms with Gasteiger partial charge >= 0.3 is 0 Å². The number of rotatable bonds is 4. The first-order chi connectivity index (χ1) is 6.78. The molecule has 0 saturated heterocycles. The van der Waals surface area contributed by atoms with Crippen LogP contribution in [0.2, 0.25) is 5.28 Å². The highest BCUT2D eigenvalue weighted by Gasteiger charge is 2.21. The van der Waals surface area contributed by atoms with Crippen LogP contribution in [0, 0.1) is 0 Å². The number of aromatic nitrogens is 2. The lowest BCUT2D eigenvalue weighted by atomic mass is 10.2. The van der Waals surface area contributed by atoms with Gasteiger partial charge in [-0.3, -0.25) is 0 Å². The quantitative estimate of drug-likeness (QED) is 0.779. The molecule has 0 spiro atoms. The fraction of sp³-hybridized carbons (Fsp3) is 0.600. The smallest absolute Gasteiger partial charge is 0.224 e. The molecule has 14 heavy (non-hydrogen) atoms. The van der Waals surface area contributed by atoms with Gasteiger partial charge in [0.25, 0.3) is 0 Å². The van der Waals surface area contributed by atoms with Crippen LogP contribution < -0.4 is 5.32 Å². The van der Waals surface area contributed by atoms with Crippen LogP contribution >= 0.6 is 11.6 Å². The Bertz CT molecular complexity index is 323. The van der Waals surface area contributed by atoms with E-state index in [0.717, 1.165) is 24.4 Å². The van der Waals surface area contributed by atoms with Crippen LogP contribution in [-0.2, 0) is 6.42 Å². The summed E-state index contributed by atoms with van der Waals surface area (Å²) in [5, 5.41) is 3.67. The van der Waals surface area contributed by atoms with E-state index in [0.29, 0.717) is 11.3 Å². The lowest BCUT2D eigenvalue weighted by Crippen LogP contribution is -2.05. The van der Waals surface area contributed by atoms with Crippen LogP contribution in [0.5, 0.6) is 0 Å². The molecule has 2 rings (SSSR count). The highest BCUT2D eigenvalue weighted by molar-refractivity contribution is 6.28. The predicted molar refractivity (Wildman–Crippen MR) is 57.7 cm³/mol. The molecule has 0 unspecified atom stereocenters. The summed E-state index contributed by atoms with van der Waals surface area (Å²) < 4.78 is 0. The summed E-state index contributed by atoms with van der Waals surface area (Å²) >= 11 is 5.83. The van der Waals surface area contributed by atoms with Gasteiger partial charge in [-0.1, -0.05) is 13.3 Å². The van der Waals surface area contributed by atoms with E-state index < -0.39 is 0 Å². The molecule has 4 heteroatoms. The van der Waals surface area contributed by atoms with Gasteiger partial charge in [0.15, 0.2) is 0 Å². The number of nitrogens with one attached hydrogen (secondary N) is 1. The molecule has 1 N–H and O–H groups in total. The third-order valence-electron chi connectivity index (χ3n) is 2.19. The van der Waals surface area contributed by atoms with Crippen molar-refractivity contribution in [2.45, 2.75) is 38.6 Å². The average Bonchev–Trinajstić information content (AvgIpc) is 2.87. The molecule has 1 aromatic heterocycles. The third kappa shape index (κ3) is 2.58. The molecule has 0 amide bonds. The van der Waals surface area contributed by atoms with Crippen LogP contribution in [0.4, 0.5) is 5.82 Å². The minimum absolute atomic E-state index is 0.346. The molecular formula is C10H14ClN3. The van der Waals surface area contributed by atoms with Crippen molar-refractivity contribution < 1.29 is 0 Å². The van der Waals surface area contributed by atoms with E-state index in [9.17, 15) is 0 Å². The molecule has 76 valence electrons. The van der Waals surface area contributed by atoms with Crippen LogP contribution in [0.3, 0.4) is 0 Å². The first-order valence-corrected chi connectivity index (χ1v) is 5.45. The van der Waals surface area contributed by atoms with Gasteiger partial charge in [-0.15, -0.1) is 0 Å². The van der Waals surface area contributed by atoms with Crippen LogP contribution in [0.1, 0.15) is 31.9 Å². The Hall–Kier alpha value is -0.830. The van der Waals surface area contributed by atoms with Gasteiger partial charge in [-0.2, -0.15) is 0 Å². The molecule has 1 heterocycles. The van der Waals surface area contributed by atoms with Crippen molar-refractivity contribution in [2.75, 3.05) is 5.32 Å². The Morgan fingerprint density at radius 3 is 2.93 bits per heavy atom. The summed E-state index contributed by atoms with van der Waals surface area (Å²) in [6.07, 6.45) is 4.52. The second kappa shape index (κ2) is 4.13. The predicted octanol–water partition coefficient (Wildman–Crippen LogP) is 2.66. The van der Waals surface area contributed by atoms with Crippen molar-refractivity contribution in [3.05, 3.63) is 17.0 Å². The largest absolute Gasteiger partial charge is 0.367 e. The first kappa shape index (κ1) is 9.71. The Morgan fingerprint density at radius 1 is 1.50 bits per heavy atom. The Kier molecular flexibility index (Phi) is 2.87. The highest BCUT2D eigenvalue weighted by Crippen LogP contribution is 2.24. The summed E-state index contributed by atoms with van der Waals surface area (Å²) in [7, 11) is 0. The summed E-state index contributed by atoms with van der Waals surface area (Å²) in [5.74, 6) is 0.871. The molecule has 3 nitrogen and oxygen atoms in total. The number of aryl methyl sites for hydroxylation is 1. The lowest BCUT2D eigenvalue weighted by Gasteiger charge is -2.05. The van der Waals surface area contributed by atoms with Gasteiger partial charge in [-0.05, 0) is 30.9 Å². The second-order valence-electron chi connectivity index (χ2n) is 3.68. The lowest BCUT2D eigenvalue weighted by molar-refractivity contribution is 0.871. The summed E-state index contributed by atoms with van der Waals surface area (Å²) in [6, 6.07) is 2.60. The van der Waals surface area contributed by atoms with Gasteiger partial charge in [0.1, 0.15) is 5.82 Å². The molecule has 1 saturated carbocycles. The van der Waals surface area contributed by atoms with Gasteiger partial charge in [0, 0.05) is 17.8 Å². The molecule has 1 fully saturated rings. The number of anilines is 1. The van der Waals surface area contributed by atoms with Crippen molar-refractivity contribution in [2.24, 2.45) is 0 Å². The van der Waals surface area contributed by atoms with E-state index in [-0.39, 0.29) is 0 Å². The second-order valence-corrected chi connectivity index (χ2v) is 4.02. The molecule has 1 aliphatic carbocycles. The van der Waals surface area contributed by atoms with Crippen molar-refractivity contribution in [3.63, 3.8) is 0 Å². The molecule has 0 radical (unpaired) electrons. The van der Waals surface area contributed by atoms with Gasteiger partial charge in [0.2, 0.25) is 5.28 Å². The molecule has 0 aromatic carbocycles. The van der Waals surface area contributed by atoms with Crippen LogP contribution in [0.15, 0.2) is 6.07 Å². The van der Waals surface area contributed by atoms with E-state index >= 15 is 0 Å².